The highest BCUT2D eigenvalue weighted by molar-refractivity contribution is 5.96. The van der Waals surface area contributed by atoms with Crippen LogP contribution in [-0.4, -0.2) is 30.0 Å². The fourth-order valence-corrected chi connectivity index (χ4v) is 2.86. The fraction of sp³-hybridized carbons (Fsp3) is 0.190. The monoisotopic (exact) mass is 376 g/mol. The molecule has 0 aliphatic heterocycles. The molecule has 0 saturated heterocycles. The number of anilines is 5. The van der Waals surface area contributed by atoms with Gasteiger partial charge in [0.1, 0.15) is 5.82 Å². The maximum Gasteiger partial charge on any atom is 0.251 e. The zero-order chi connectivity index (χ0) is 20.3. The van der Waals surface area contributed by atoms with Crippen LogP contribution in [0.2, 0.25) is 0 Å². The van der Waals surface area contributed by atoms with Gasteiger partial charge in [-0.05, 0) is 55.8 Å². The first-order valence-corrected chi connectivity index (χ1v) is 8.91. The summed E-state index contributed by atoms with van der Waals surface area (Å²) in [5, 5.41) is 5.84. The van der Waals surface area contributed by atoms with E-state index >= 15 is 0 Å². The third kappa shape index (κ3) is 4.03. The molecule has 0 spiro atoms. The van der Waals surface area contributed by atoms with Gasteiger partial charge in [0.25, 0.3) is 5.91 Å². The Balaban J connectivity index is 1.89. The number of nitrogens with zero attached hydrogens (tertiary/aromatic N) is 3. The van der Waals surface area contributed by atoms with Gasteiger partial charge < -0.3 is 21.3 Å². The summed E-state index contributed by atoms with van der Waals surface area (Å²) >= 11 is 0. The summed E-state index contributed by atoms with van der Waals surface area (Å²) in [7, 11) is 3.56. The largest absolute Gasteiger partial charge is 0.399 e. The highest BCUT2D eigenvalue weighted by atomic mass is 16.1. The lowest BCUT2D eigenvalue weighted by molar-refractivity contribution is 0.0962. The van der Waals surface area contributed by atoms with Crippen molar-refractivity contribution in [3.05, 3.63) is 65.4 Å². The summed E-state index contributed by atoms with van der Waals surface area (Å²) in [4.78, 5) is 23.0. The maximum absolute atomic E-state index is 12.0. The summed E-state index contributed by atoms with van der Waals surface area (Å²) in [6.07, 6.45) is 1.77. The van der Waals surface area contributed by atoms with Crippen LogP contribution in [0.25, 0.3) is 0 Å². The summed E-state index contributed by atoms with van der Waals surface area (Å²) < 4.78 is 0. The van der Waals surface area contributed by atoms with Gasteiger partial charge in [-0.2, -0.15) is 4.98 Å². The van der Waals surface area contributed by atoms with Crippen LogP contribution in [0.5, 0.6) is 0 Å². The molecule has 0 radical (unpaired) electrons. The molecule has 0 aliphatic rings. The number of hydrogen-bond donors (Lipinski definition) is 3. The lowest BCUT2D eigenvalue weighted by atomic mass is 10.1. The minimum atomic E-state index is -0.130. The second-order valence-electron chi connectivity index (χ2n) is 6.58. The third-order valence-corrected chi connectivity index (χ3v) is 4.51. The van der Waals surface area contributed by atoms with E-state index < -0.39 is 0 Å². The molecule has 0 saturated carbocycles. The molecule has 3 aromatic rings. The van der Waals surface area contributed by atoms with Gasteiger partial charge in [-0.15, -0.1) is 0 Å². The number of aromatic nitrogens is 2. The van der Waals surface area contributed by atoms with Crippen molar-refractivity contribution in [3.63, 3.8) is 0 Å². The molecular weight excluding hydrogens is 352 g/mol. The Bertz CT molecular complexity index is 1000. The van der Waals surface area contributed by atoms with Crippen molar-refractivity contribution in [3.8, 4) is 0 Å². The van der Waals surface area contributed by atoms with Gasteiger partial charge in [-0.25, -0.2) is 4.98 Å². The normalized spacial score (nSPS) is 10.4. The van der Waals surface area contributed by atoms with Crippen LogP contribution in [0.1, 0.15) is 21.5 Å². The fourth-order valence-electron chi connectivity index (χ4n) is 2.86. The molecule has 4 N–H and O–H groups in total. The Morgan fingerprint density at radius 1 is 1.07 bits per heavy atom. The van der Waals surface area contributed by atoms with E-state index in [2.05, 4.69) is 20.6 Å². The van der Waals surface area contributed by atoms with Gasteiger partial charge in [-0.1, -0.05) is 6.07 Å². The van der Waals surface area contributed by atoms with Crippen LogP contribution in [0.3, 0.4) is 0 Å². The summed E-state index contributed by atoms with van der Waals surface area (Å²) in [5.74, 6) is 1.10. The van der Waals surface area contributed by atoms with Crippen LogP contribution >= 0.6 is 0 Å². The quantitative estimate of drug-likeness (QED) is 0.590. The Kier molecular flexibility index (Phi) is 5.44. The molecule has 0 atom stereocenters. The molecular formula is C21H24N6O. The van der Waals surface area contributed by atoms with Gasteiger partial charge in [0, 0.05) is 48.5 Å². The van der Waals surface area contributed by atoms with Crippen molar-refractivity contribution >= 4 is 34.7 Å². The van der Waals surface area contributed by atoms with E-state index in [9.17, 15) is 4.79 Å². The molecule has 7 heteroatoms. The van der Waals surface area contributed by atoms with Crippen LogP contribution in [-0.2, 0) is 0 Å². The molecule has 0 bridgehead atoms. The second kappa shape index (κ2) is 7.96. The van der Waals surface area contributed by atoms with Gasteiger partial charge in [0.2, 0.25) is 5.95 Å². The predicted octanol–water partition coefficient (Wildman–Crippen LogP) is 3.55. The Labute approximate surface area is 164 Å². The molecule has 28 heavy (non-hydrogen) atoms. The van der Waals surface area contributed by atoms with E-state index in [1.165, 1.54) is 0 Å². The number of carbonyl (C=O) groups is 1. The predicted molar refractivity (Wildman–Crippen MR) is 114 cm³/mol. The second-order valence-corrected chi connectivity index (χ2v) is 6.58. The lowest BCUT2D eigenvalue weighted by Gasteiger charge is -2.21. The number of aryl methyl sites for hydroxylation is 2. The molecule has 0 unspecified atom stereocenters. The first kappa shape index (κ1) is 19.2. The average molecular weight is 376 g/mol. The Morgan fingerprint density at radius 3 is 2.46 bits per heavy atom. The summed E-state index contributed by atoms with van der Waals surface area (Å²) in [5.41, 5.74) is 10.7. The summed E-state index contributed by atoms with van der Waals surface area (Å²) in [6, 6.07) is 13.2. The van der Waals surface area contributed by atoms with Crippen molar-refractivity contribution in [2.24, 2.45) is 0 Å². The van der Waals surface area contributed by atoms with Gasteiger partial charge in [0.15, 0.2) is 0 Å². The van der Waals surface area contributed by atoms with E-state index in [0.717, 1.165) is 28.3 Å². The number of nitrogens with one attached hydrogen (secondary N) is 2. The molecule has 1 amide bonds. The number of nitrogen functional groups attached to an aromatic ring is 1. The smallest absolute Gasteiger partial charge is 0.251 e. The van der Waals surface area contributed by atoms with Crippen LogP contribution in [0, 0.1) is 13.8 Å². The van der Waals surface area contributed by atoms with Crippen molar-refractivity contribution in [2.45, 2.75) is 13.8 Å². The number of hydrogen-bond acceptors (Lipinski definition) is 6. The van der Waals surface area contributed by atoms with Crippen molar-refractivity contribution in [2.75, 3.05) is 30.0 Å². The van der Waals surface area contributed by atoms with Crippen molar-refractivity contribution in [1.82, 2.24) is 15.3 Å². The van der Waals surface area contributed by atoms with E-state index in [-0.39, 0.29) is 5.91 Å². The molecule has 2 aromatic carbocycles. The minimum absolute atomic E-state index is 0.130. The highest BCUT2D eigenvalue weighted by Crippen LogP contribution is 2.27. The number of carbonyl (C=O) groups excluding carboxylic acids is 1. The number of benzene rings is 2. The van der Waals surface area contributed by atoms with E-state index in [1.54, 1.807) is 19.3 Å². The maximum atomic E-state index is 12.0. The van der Waals surface area contributed by atoms with E-state index in [0.29, 0.717) is 17.2 Å². The highest BCUT2D eigenvalue weighted by Gasteiger charge is 2.12. The van der Waals surface area contributed by atoms with Gasteiger partial charge >= 0.3 is 0 Å². The number of amides is 1. The third-order valence-electron chi connectivity index (χ3n) is 4.51. The molecule has 1 heterocycles. The van der Waals surface area contributed by atoms with E-state index in [1.807, 2.05) is 62.2 Å². The summed E-state index contributed by atoms with van der Waals surface area (Å²) in [6.45, 7) is 3.86. The SMILES string of the molecule is CNC(=O)c1cc(Nc2ncc(C)c(N(C)c3ccc(N)cc3)n2)ccc1C. The Hall–Kier alpha value is -3.61. The Morgan fingerprint density at radius 2 is 1.79 bits per heavy atom. The minimum Gasteiger partial charge on any atom is -0.399 e. The number of nitrogens with two attached hydrogens (primary N) is 1. The van der Waals surface area contributed by atoms with Crippen molar-refractivity contribution in [1.29, 1.82) is 0 Å². The molecule has 144 valence electrons. The lowest BCUT2D eigenvalue weighted by Crippen LogP contribution is -2.19. The van der Waals surface area contributed by atoms with Crippen LogP contribution in [0.4, 0.5) is 28.8 Å². The standard InChI is InChI=1S/C21H24N6O/c1-13-5-8-16(11-18(13)20(28)23-3)25-21-24-12-14(2)19(26-21)27(4)17-9-6-15(22)7-10-17/h5-12H,22H2,1-4H3,(H,23,28)(H,24,25,26). The molecule has 3 rings (SSSR count). The van der Waals surface area contributed by atoms with E-state index in [4.69, 9.17) is 5.73 Å². The van der Waals surface area contributed by atoms with Crippen LogP contribution in [0.15, 0.2) is 48.7 Å². The molecule has 0 fully saturated rings. The average Bonchev–Trinajstić information content (AvgIpc) is 2.70. The van der Waals surface area contributed by atoms with Crippen molar-refractivity contribution < 1.29 is 4.79 Å². The molecule has 1 aromatic heterocycles. The number of rotatable bonds is 5. The zero-order valence-corrected chi connectivity index (χ0v) is 16.4. The van der Waals surface area contributed by atoms with Gasteiger partial charge in [-0.3, -0.25) is 4.79 Å². The van der Waals surface area contributed by atoms with Crippen LogP contribution < -0.4 is 21.3 Å². The topological polar surface area (TPSA) is 96.2 Å². The first-order chi connectivity index (χ1) is 13.4. The molecule has 0 aliphatic carbocycles. The molecule has 7 nitrogen and oxygen atoms in total. The zero-order valence-electron chi connectivity index (χ0n) is 16.4. The first-order valence-electron chi connectivity index (χ1n) is 8.91. The van der Waals surface area contributed by atoms with Gasteiger partial charge in [0.05, 0.1) is 0 Å².